The largest absolute Gasteiger partial charge is 0.461 e. The highest BCUT2D eigenvalue weighted by Crippen LogP contribution is 2.29. The maximum atomic E-state index is 13.2. The van der Waals surface area contributed by atoms with Gasteiger partial charge in [-0.25, -0.2) is 9.48 Å². The van der Waals surface area contributed by atoms with Crippen LogP contribution in [0, 0.1) is 6.92 Å². The number of nitrogens with zero attached hydrogens (tertiary/aromatic N) is 2. The van der Waals surface area contributed by atoms with Crippen LogP contribution in [0.1, 0.15) is 44.3 Å². The molecule has 1 aromatic heterocycles. The van der Waals surface area contributed by atoms with Crippen molar-refractivity contribution in [1.82, 2.24) is 9.78 Å². The quantitative estimate of drug-likeness (QED) is 0.355. The summed E-state index contributed by atoms with van der Waals surface area (Å²) in [5.74, 6) is -0.953. The molecule has 1 unspecified atom stereocenters. The lowest BCUT2D eigenvalue weighted by Crippen LogP contribution is -2.15. The van der Waals surface area contributed by atoms with Gasteiger partial charge in [-0.2, -0.15) is 17.7 Å². The predicted octanol–water partition coefficient (Wildman–Crippen LogP) is 4.86. The minimum absolute atomic E-state index is 0.0192. The SMILES string of the molecule is CCOC(=O)c1nn(-c2ccc(Cl)cc2)c(C)c1C(=O)C(S)c1ccccc1. The molecule has 1 atom stereocenters. The van der Waals surface area contributed by atoms with Gasteiger partial charge in [0.25, 0.3) is 0 Å². The van der Waals surface area contributed by atoms with E-state index in [0.717, 1.165) is 5.56 Å². The lowest BCUT2D eigenvalue weighted by Gasteiger charge is -2.11. The van der Waals surface area contributed by atoms with Gasteiger partial charge in [-0.05, 0) is 43.7 Å². The summed E-state index contributed by atoms with van der Waals surface area (Å²) in [4.78, 5) is 25.7. The average molecular weight is 415 g/mol. The predicted molar refractivity (Wildman–Crippen MR) is 112 cm³/mol. The molecule has 1 heterocycles. The van der Waals surface area contributed by atoms with Crippen molar-refractivity contribution >= 4 is 36.0 Å². The number of ketones is 1. The molecule has 0 aliphatic heterocycles. The first kappa shape index (κ1) is 20.2. The van der Waals surface area contributed by atoms with E-state index in [9.17, 15) is 9.59 Å². The second-order valence-corrected chi connectivity index (χ2v) is 7.05. The second kappa shape index (κ2) is 8.63. The molecule has 2 aromatic carbocycles. The molecule has 28 heavy (non-hydrogen) atoms. The number of rotatable bonds is 6. The molecule has 0 N–H and O–H groups in total. The third-order valence-corrected chi connectivity index (χ3v) is 5.05. The van der Waals surface area contributed by atoms with Crippen molar-refractivity contribution in [3.8, 4) is 5.69 Å². The standard InChI is InChI=1S/C21H19ClN2O3S/c1-3-27-21(26)18-17(19(25)20(28)14-7-5-4-6-8-14)13(2)24(23-18)16-11-9-15(22)10-12-16/h4-12,20,28H,3H2,1-2H3. The first-order valence-corrected chi connectivity index (χ1v) is 9.63. The van der Waals surface area contributed by atoms with Crippen molar-refractivity contribution in [2.45, 2.75) is 19.1 Å². The summed E-state index contributed by atoms with van der Waals surface area (Å²) in [6, 6.07) is 16.1. The van der Waals surface area contributed by atoms with E-state index in [1.165, 1.54) is 0 Å². The number of carbonyl (C=O) groups excluding carboxylic acids is 2. The number of benzene rings is 2. The minimum Gasteiger partial charge on any atom is -0.461 e. The van der Waals surface area contributed by atoms with Gasteiger partial charge in [-0.15, -0.1) is 0 Å². The fourth-order valence-corrected chi connectivity index (χ4v) is 3.32. The zero-order valence-electron chi connectivity index (χ0n) is 15.4. The van der Waals surface area contributed by atoms with Gasteiger partial charge in [0, 0.05) is 5.02 Å². The number of Topliss-reactive ketones (excluding diaryl/α,β-unsaturated/α-hetero) is 1. The van der Waals surface area contributed by atoms with Crippen LogP contribution in [0.15, 0.2) is 54.6 Å². The molecular formula is C21H19ClN2O3S. The fraction of sp³-hybridized carbons (Fsp3) is 0.190. The molecule has 0 aliphatic rings. The molecule has 0 saturated carbocycles. The Kier molecular flexibility index (Phi) is 6.21. The lowest BCUT2D eigenvalue weighted by molar-refractivity contribution is 0.0515. The molecule has 0 amide bonds. The van der Waals surface area contributed by atoms with Crippen molar-refractivity contribution in [2.75, 3.05) is 6.61 Å². The number of hydrogen-bond donors (Lipinski definition) is 1. The highest BCUT2D eigenvalue weighted by Gasteiger charge is 2.31. The summed E-state index contributed by atoms with van der Waals surface area (Å²) in [6.45, 7) is 3.62. The number of aromatic nitrogens is 2. The van der Waals surface area contributed by atoms with Crippen LogP contribution in [0.3, 0.4) is 0 Å². The molecule has 0 spiro atoms. The van der Waals surface area contributed by atoms with E-state index in [0.29, 0.717) is 16.4 Å². The van der Waals surface area contributed by atoms with Crippen molar-refractivity contribution in [3.05, 3.63) is 82.1 Å². The van der Waals surface area contributed by atoms with Crippen LogP contribution in [0.5, 0.6) is 0 Å². The highest BCUT2D eigenvalue weighted by atomic mass is 35.5. The van der Waals surface area contributed by atoms with Gasteiger partial charge < -0.3 is 4.74 Å². The lowest BCUT2D eigenvalue weighted by atomic mass is 10.0. The maximum absolute atomic E-state index is 13.2. The van der Waals surface area contributed by atoms with Gasteiger partial charge >= 0.3 is 5.97 Å². The Hall–Kier alpha value is -2.57. The summed E-state index contributed by atoms with van der Waals surface area (Å²) in [7, 11) is 0. The number of ether oxygens (including phenoxy) is 1. The molecule has 0 radical (unpaired) electrons. The summed E-state index contributed by atoms with van der Waals surface area (Å²) >= 11 is 10.5. The average Bonchev–Trinajstić information content (AvgIpc) is 3.05. The van der Waals surface area contributed by atoms with E-state index in [2.05, 4.69) is 17.7 Å². The molecule has 144 valence electrons. The molecule has 0 aliphatic carbocycles. The molecule has 0 bridgehead atoms. The number of esters is 1. The first-order chi connectivity index (χ1) is 13.4. The van der Waals surface area contributed by atoms with Crippen LogP contribution >= 0.6 is 24.2 Å². The Morgan fingerprint density at radius 2 is 1.79 bits per heavy atom. The van der Waals surface area contributed by atoms with E-state index in [1.54, 1.807) is 42.8 Å². The zero-order valence-corrected chi connectivity index (χ0v) is 17.1. The van der Waals surface area contributed by atoms with Crippen LogP contribution in [0.4, 0.5) is 0 Å². The van der Waals surface area contributed by atoms with Gasteiger partial charge in [0.1, 0.15) is 0 Å². The zero-order chi connectivity index (χ0) is 20.3. The number of carbonyl (C=O) groups is 2. The fourth-order valence-electron chi connectivity index (χ4n) is 2.90. The van der Waals surface area contributed by atoms with E-state index < -0.39 is 11.2 Å². The number of thiol groups is 1. The minimum atomic E-state index is -0.726. The monoisotopic (exact) mass is 414 g/mol. The van der Waals surface area contributed by atoms with Crippen molar-refractivity contribution < 1.29 is 14.3 Å². The number of halogens is 1. The van der Waals surface area contributed by atoms with E-state index in [-0.39, 0.29) is 23.6 Å². The summed E-state index contributed by atoms with van der Waals surface area (Å²) in [5.41, 5.74) is 2.14. The van der Waals surface area contributed by atoms with Crippen LogP contribution in [-0.2, 0) is 4.74 Å². The van der Waals surface area contributed by atoms with Gasteiger partial charge in [0.15, 0.2) is 11.5 Å². The molecule has 3 aromatic rings. The van der Waals surface area contributed by atoms with E-state index in [4.69, 9.17) is 16.3 Å². The normalized spacial score (nSPS) is 11.9. The molecule has 0 saturated heterocycles. The van der Waals surface area contributed by atoms with Gasteiger partial charge in [0.2, 0.25) is 0 Å². The highest BCUT2D eigenvalue weighted by molar-refractivity contribution is 7.81. The summed E-state index contributed by atoms with van der Waals surface area (Å²) < 4.78 is 6.66. The molecule has 3 rings (SSSR count). The van der Waals surface area contributed by atoms with Crippen LogP contribution < -0.4 is 0 Å². The van der Waals surface area contributed by atoms with Gasteiger partial charge in [-0.1, -0.05) is 41.9 Å². The number of hydrogen-bond acceptors (Lipinski definition) is 5. The van der Waals surface area contributed by atoms with Crippen molar-refractivity contribution in [3.63, 3.8) is 0 Å². The van der Waals surface area contributed by atoms with Gasteiger partial charge in [-0.3, -0.25) is 4.79 Å². The smallest absolute Gasteiger partial charge is 0.359 e. The topological polar surface area (TPSA) is 61.2 Å². The Morgan fingerprint density at radius 1 is 1.14 bits per heavy atom. The summed E-state index contributed by atoms with van der Waals surface area (Å²) in [6.07, 6.45) is 0. The Labute approximate surface area is 173 Å². The van der Waals surface area contributed by atoms with Crippen LogP contribution in [-0.4, -0.2) is 28.1 Å². The van der Waals surface area contributed by atoms with Gasteiger partial charge in [0.05, 0.1) is 28.8 Å². The Balaban J connectivity index is 2.11. The molecule has 5 nitrogen and oxygen atoms in total. The van der Waals surface area contributed by atoms with Crippen LogP contribution in [0.25, 0.3) is 5.69 Å². The van der Waals surface area contributed by atoms with Crippen LogP contribution in [0.2, 0.25) is 5.02 Å². The van der Waals surface area contributed by atoms with Crippen molar-refractivity contribution in [2.24, 2.45) is 0 Å². The third-order valence-electron chi connectivity index (χ3n) is 4.27. The molecule has 7 heteroatoms. The first-order valence-electron chi connectivity index (χ1n) is 8.74. The van der Waals surface area contributed by atoms with E-state index >= 15 is 0 Å². The molecule has 0 fully saturated rings. The van der Waals surface area contributed by atoms with Crippen molar-refractivity contribution in [1.29, 1.82) is 0 Å². The second-order valence-electron chi connectivity index (χ2n) is 6.10. The Bertz CT molecular complexity index is 1000. The summed E-state index contributed by atoms with van der Waals surface area (Å²) in [5, 5.41) is 4.22. The third kappa shape index (κ3) is 3.98. The molecular weight excluding hydrogens is 396 g/mol. The van der Waals surface area contributed by atoms with E-state index in [1.807, 2.05) is 30.3 Å². The maximum Gasteiger partial charge on any atom is 0.359 e. The Morgan fingerprint density at radius 3 is 2.39 bits per heavy atom.